The maximum atomic E-state index is 13.1. The summed E-state index contributed by atoms with van der Waals surface area (Å²) in [5, 5.41) is 17.4. The number of aromatic nitrogens is 2. The molecule has 0 saturated heterocycles. The number of fused-ring (bicyclic) bond motifs is 1. The number of aliphatic hydroxyl groups excluding tert-OH is 1. The second-order valence-electron chi connectivity index (χ2n) is 7.82. The molecule has 1 aliphatic rings. The van der Waals surface area contributed by atoms with Gasteiger partial charge in [-0.15, -0.1) is 0 Å². The number of nitrogens with zero attached hydrogens (tertiary/aromatic N) is 2. The Labute approximate surface area is 172 Å². The molecule has 1 amide bonds. The predicted molar refractivity (Wildman–Crippen MR) is 106 cm³/mol. The minimum Gasteiger partial charge on any atom is -0.391 e. The fourth-order valence-corrected chi connectivity index (χ4v) is 3.61. The summed E-state index contributed by atoms with van der Waals surface area (Å²) in [6, 6.07) is 2.56. The molecule has 3 rings (SSSR count). The highest BCUT2D eigenvalue weighted by molar-refractivity contribution is 5.85. The first kappa shape index (κ1) is 22.3. The molecule has 0 radical (unpaired) electrons. The Morgan fingerprint density at radius 1 is 1.30 bits per heavy atom. The predicted octanol–water partition coefficient (Wildman–Crippen LogP) is 3.35. The highest BCUT2D eigenvalue weighted by Gasteiger charge is 2.33. The van der Waals surface area contributed by atoms with Crippen molar-refractivity contribution < 1.29 is 23.1 Å². The Balaban J connectivity index is 1.92. The van der Waals surface area contributed by atoms with Gasteiger partial charge in [-0.05, 0) is 43.9 Å². The van der Waals surface area contributed by atoms with Crippen LogP contribution in [0, 0.1) is 0 Å². The van der Waals surface area contributed by atoms with E-state index in [2.05, 4.69) is 10.4 Å². The van der Waals surface area contributed by atoms with Gasteiger partial charge in [0, 0.05) is 11.3 Å². The Bertz CT molecular complexity index is 983. The van der Waals surface area contributed by atoms with Crippen molar-refractivity contribution in [3.05, 3.63) is 39.8 Å². The van der Waals surface area contributed by atoms with Gasteiger partial charge in [0.25, 0.3) is 5.56 Å². The van der Waals surface area contributed by atoms with Gasteiger partial charge in [0.2, 0.25) is 5.91 Å². The summed E-state index contributed by atoms with van der Waals surface area (Å²) < 4.78 is 40.4. The number of alkyl halides is 3. The minimum absolute atomic E-state index is 0.0133. The molecule has 0 unspecified atom stereocenters. The number of benzene rings is 1. The molecule has 2 N–H and O–H groups in total. The van der Waals surface area contributed by atoms with E-state index in [1.165, 1.54) is 0 Å². The molecular weight excluding hydrogens is 399 g/mol. The highest BCUT2D eigenvalue weighted by Crippen LogP contribution is 2.42. The van der Waals surface area contributed by atoms with Crippen LogP contribution in [0.2, 0.25) is 0 Å². The van der Waals surface area contributed by atoms with Gasteiger partial charge in [0.15, 0.2) is 0 Å². The molecule has 1 heterocycles. The second-order valence-corrected chi connectivity index (χ2v) is 7.82. The lowest BCUT2D eigenvalue weighted by Crippen LogP contribution is -2.45. The van der Waals surface area contributed by atoms with E-state index < -0.39 is 35.4 Å². The number of nitrogens with one attached hydrogen (secondary N) is 1. The number of hydrogen-bond acceptors (Lipinski definition) is 4. The topological polar surface area (TPSA) is 84.2 Å². The Morgan fingerprint density at radius 2 is 2.00 bits per heavy atom. The quantitative estimate of drug-likeness (QED) is 0.679. The fourth-order valence-electron chi connectivity index (χ4n) is 3.61. The third-order valence-corrected chi connectivity index (χ3v) is 5.41. The molecule has 0 aliphatic heterocycles. The normalized spacial score (nSPS) is 16.5. The van der Waals surface area contributed by atoms with Gasteiger partial charge >= 0.3 is 6.18 Å². The summed E-state index contributed by atoms with van der Waals surface area (Å²) in [7, 11) is 0. The van der Waals surface area contributed by atoms with E-state index in [4.69, 9.17) is 0 Å². The van der Waals surface area contributed by atoms with Gasteiger partial charge in [0.1, 0.15) is 6.54 Å². The molecule has 6 nitrogen and oxygen atoms in total. The van der Waals surface area contributed by atoms with Gasteiger partial charge in [0.05, 0.1) is 28.8 Å². The third kappa shape index (κ3) is 4.83. The number of carbonyl (C=O) groups is 1. The lowest BCUT2D eigenvalue weighted by atomic mass is 10.0. The van der Waals surface area contributed by atoms with Crippen LogP contribution in [0.3, 0.4) is 0 Å². The molecule has 0 bridgehead atoms. The first-order valence-corrected chi connectivity index (χ1v) is 10.2. The highest BCUT2D eigenvalue weighted by atomic mass is 19.4. The molecule has 30 heavy (non-hydrogen) atoms. The van der Waals surface area contributed by atoms with Crippen molar-refractivity contribution in [3.8, 4) is 0 Å². The largest absolute Gasteiger partial charge is 0.416 e. The Kier molecular flexibility index (Phi) is 6.50. The van der Waals surface area contributed by atoms with Gasteiger partial charge < -0.3 is 10.4 Å². The minimum atomic E-state index is -4.52. The molecule has 0 spiro atoms. The van der Waals surface area contributed by atoms with Crippen molar-refractivity contribution in [2.75, 3.05) is 0 Å². The molecule has 2 atom stereocenters. The van der Waals surface area contributed by atoms with E-state index >= 15 is 0 Å². The van der Waals surface area contributed by atoms with Crippen LogP contribution < -0.4 is 10.9 Å². The third-order valence-electron chi connectivity index (χ3n) is 5.41. The van der Waals surface area contributed by atoms with E-state index in [1.54, 1.807) is 0 Å². The summed E-state index contributed by atoms with van der Waals surface area (Å²) in [6.45, 7) is 3.42. The molecule has 1 saturated carbocycles. The van der Waals surface area contributed by atoms with Crippen molar-refractivity contribution in [1.82, 2.24) is 15.1 Å². The number of amides is 1. The monoisotopic (exact) mass is 425 g/mol. The average Bonchev–Trinajstić information content (AvgIpc) is 3.52. The van der Waals surface area contributed by atoms with Crippen molar-refractivity contribution in [1.29, 1.82) is 0 Å². The molecule has 164 valence electrons. The Hall–Kier alpha value is -2.42. The number of halogens is 3. The van der Waals surface area contributed by atoms with E-state index in [0.717, 1.165) is 42.1 Å². The van der Waals surface area contributed by atoms with Crippen LogP contribution in [0.25, 0.3) is 10.8 Å². The summed E-state index contributed by atoms with van der Waals surface area (Å²) in [6.07, 6.45) is -1.80. The molecular formula is C21H26F3N3O3. The van der Waals surface area contributed by atoms with Crippen LogP contribution in [-0.2, 0) is 17.5 Å². The van der Waals surface area contributed by atoms with Gasteiger partial charge in [-0.1, -0.05) is 20.3 Å². The second kappa shape index (κ2) is 8.75. The maximum Gasteiger partial charge on any atom is 0.416 e. The first-order valence-electron chi connectivity index (χ1n) is 10.2. The lowest BCUT2D eigenvalue weighted by molar-refractivity contribution is -0.137. The zero-order chi connectivity index (χ0) is 22.1. The van der Waals surface area contributed by atoms with Crippen molar-refractivity contribution in [3.63, 3.8) is 0 Å². The lowest BCUT2D eigenvalue weighted by Gasteiger charge is -2.22. The zero-order valence-corrected chi connectivity index (χ0v) is 17.0. The van der Waals surface area contributed by atoms with E-state index in [9.17, 15) is 27.9 Å². The Morgan fingerprint density at radius 3 is 2.57 bits per heavy atom. The molecule has 1 aliphatic carbocycles. The summed E-state index contributed by atoms with van der Waals surface area (Å²) >= 11 is 0. The fraction of sp³-hybridized carbons (Fsp3) is 0.571. The first-order chi connectivity index (χ1) is 14.2. The van der Waals surface area contributed by atoms with Crippen molar-refractivity contribution in [2.24, 2.45) is 0 Å². The molecule has 1 fully saturated rings. The number of aliphatic hydroxyl groups is 1. The summed E-state index contributed by atoms with van der Waals surface area (Å²) in [5.74, 6) is -0.486. The van der Waals surface area contributed by atoms with Crippen molar-refractivity contribution >= 4 is 16.7 Å². The number of hydrogen-bond donors (Lipinski definition) is 2. The van der Waals surface area contributed by atoms with Crippen LogP contribution >= 0.6 is 0 Å². The SMILES string of the molecule is CCC[C@@H](O)[C@H](CC)NC(=O)Cn1nc(C2CC2)c2cc(C(F)(F)F)ccc2c1=O. The number of rotatable bonds is 8. The van der Waals surface area contributed by atoms with Gasteiger partial charge in [-0.2, -0.15) is 18.3 Å². The average molecular weight is 425 g/mol. The van der Waals surface area contributed by atoms with Gasteiger partial charge in [-0.3, -0.25) is 9.59 Å². The number of carbonyl (C=O) groups excluding carboxylic acids is 1. The zero-order valence-electron chi connectivity index (χ0n) is 17.0. The molecule has 1 aromatic heterocycles. The molecule has 9 heteroatoms. The summed E-state index contributed by atoms with van der Waals surface area (Å²) in [4.78, 5) is 25.3. The van der Waals surface area contributed by atoms with Crippen LogP contribution in [0.15, 0.2) is 23.0 Å². The van der Waals surface area contributed by atoms with E-state index in [0.29, 0.717) is 18.5 Å². The maximum absolute atomic E-state index is 13.1. The molecule has 2 aromatic rings. The standard InChI is InChI=1S/C21H26F3N3O3/c1-3-5-17(28)16(4-2)25-18(29)11-27-20(30)14-9-8-13(21(22,23)24)10-15(14)19(26-27)12-6-7-12/h8-10,12,16-17,28H,3-7,11H2,1-2H3,(H,25,29)/t16-,17+/m0/s1. The van der Waals surface area contributed by atoms with Crippen LogP contribution in [0.1, 0.15) is 63.1 Å². The molecule has 1 aromatic carbocycles. The van der Waals surface area contributed by atoms with Gasteiger partial charge in [-0.25, -0.2) is 4.68 Å². The van der Waals surface area contributed by atoms with Crippen LogP contribution in [0.5, 0.6) is 0 Å². The summed E-state index contributed by atoms with van der Waals surface area (Å²) in [5.41, 5.74) is -1.02. The van der Waals surface area contributed by atoms with Crippen molar-refractivity contribution in [2.45, 2.75) is 76.7 Å². The van der Waals surface area contributed by atoms with E-state index in [1.807, 2.05) is 13.8 Å². The smallest absolute Gasteiger partial charge is 0.391 e. The van der Waals surface area contributed by atoms with Crippen LogP contribution in [-0.4, -0.2) is 32.9 Å². The van der Waals surface area contributed by atoms with Crippen LogP contribution in [0.4, 0.5) is 13.2 Å². The van der Waals surface area contributed by atoms with E-state index in [-0.39, 0.29) is 23.2 Å².